The fraction of sp³-hybridized carbons (Fsp3) is 0.542. The van der Waals surface area contributed by atoms with E-state index in [0.29, 0.717) is 18.2 Å². The fourth-order valence-electron chi connectivity index (χ4n) is 4.69. The van der Waals surface area contributed by atoms with Crippen LogP contribution in [0.3, 0.4) is 0 Å². The molecule has 3 heteroatoms. The van der Waals surface area contributed by atoms with E-state index in [0.717, 1.165) is 31.0 Å². The van der Waals surface area contributed by atoms with Crippen molar-refractivity contribution >= 4 is 16.7 Å². The summed E-state index contributed by atoms with van der Waals surface area (Å²) in [7, 11) is 0. The molecular weight excluding hydrogens is 332 g/mol. The number of benzene rings is 2. The largest absolute Gasteiger partial charge is 0.342 e. The quantitative estimate of drug-likeness (QED) is 0.805. The van der Waals surface area contributed by atoms with Gasteiger partial charge in [0, 0.05) is 19.6 Å². The molecule has 0 spiro atoms. The third-order valence-corrected chi connectivity index (χ3v) is 6.43. The third kappa shape index (κ3) is 4.70. The van der Waals surface area contributed by atoms with Crippen LogP contribution in [-0.4, -0.2) is 48.4 Å². The van der Waals surface area contributed by atoms with Crippen molar-refractivity contribution in [1.29, 1.82) is 0 Å². The van der Waals surface area contributed by atoms with E-state index in [2.05, 4.69) is 59.2 Å². The minimum Gasteiger partial charge on any atom is -0.342 e. The maximum absolute atomic E-state index is 12.9. The van der Waals surface area contributed by atoms with Gasteiger partial charge >= 0.3 is 0 Å². The van der Waals surface area contributed by atoms with Crippen molar-refractivity contribution in [3.8, 4) is 0 Å². The van der Waals surface area contributed by atoms with Gasteiger partial charge in [-0.3, -0.25) is 4.79 Å². The summed E-state index contributed by atoms with van der Waals surface area (Å²) in [4.78, 5) is 17.6. The molecule has 2 aliphatic heterocycles. The smallest absolute Gasteiger partial charge is 0.226 e. The number of carbonyl (C=O) groups excluding carboxylic acids is 1. The van der Waals surface area contributed by atoms with Crippen molar-refractivity contribution in [3.05, 3.63) is 48.0 Å². The normalized spacial score (nSPS) is 22.3. The lowest BCUT2D eigenvalue weighted by Crippen LogP contribution is -2.45. The second-order valence-electron chi connectivity index (χ2n) is 8.69. The molecule has 3 nitrogen and oxygen atoms in total. The Kier molecular flexibility index (Phi) is 5.77. The van der Waals surface area contributed by atoms with Gasteiger partial charge < -0.3 is 9.80 Å². The van der Waals surface area contributed by atoms with Gasteiger partial charge in [-0.2, -0.15) is 0 Å². The Morgan fingerprint density at radius 1 is 1.00 bits per heavy atom. The van der Waals surface area contributed by atoms with Crippen molar-refractivity contribution < 1.29 is 4.79 Å². The minimum atomic E-state index is 0.294. The fourth-order valence-corrected chi connectivity index (χ4v) is 4.69. The van der Waals surface area contributed by atoms with E-state index >= 15 is 0 Å². The molecule has 0 saturated carbocycles. The first-order valence-corrected chi connectivity index (χ1v) is 10.6. The van der Waals surface area contributed by atoms with E-state index < -0.39 is 0 Å². The van der Waals surface area contributed by atoms with Crippen LogP contribution in [-0.2, 0) is 11.2 Å². The van der Waals surface area contributed by atoms with E-state index in [1.165, 1.54) is 49.7 Å². The van der Waals surface area contributed by atoms with Crippen LogP contribution in [0.2, 0.25) is 0 Å². The Morgan fingerprint density at radius 2 is 1.78 bits per heavy atom. The Balaban J connectivity index is 1.33. The number of hydrogen-bond donors (Lipinski definition) is 0. The summed E-state index contributed by atoms with van der Waals surface area (Å²) in [6.07, 6.45) is 5.61. The molecule has 144 valence electrons. The van der Waals surface area contributed by atoms with E-state index in [4.69, 9.17) is 0 Å². The average molecular weight is 365 g/mol. The third-order valence-electron chi connectivity index (χ3n) is 6.43. The lowest BCUT2D eigenvalue weighted by atomic mass is 9.94. The molecule has 1 amide bonds. The molecule has 0 bridgehead atoms. The zero-order valence-electron chi connectivity index (χ0n) is 16.6. The Morgan fingerprint density at radius 3 is 2.59 bits per heavy atom. The maximum Gasteiger partial charge on any atom is 0.226 e. The number of fused-ring (bicyclic) bond motifs is 1. The van der Waals surface area contributed by atoms with Crippen molar-refractivity contribution in [2.24, 2.45) is 11.8 Å². The van der Waals surface area contributed by atoms with Crippen molar-refractivity contribution in [2.75, 3.05) is 32.7 Å². The Labute approximate surface area is 163 Å². The van der Waals surface area contributed by atoms with Gasteiger partial charge in [-0.05, 0) is 66.9 Å². The minimum absolute atomic E-state index is 0.294. The van der Waals surface area contributed by atoms with Crippen LogP contribution in [0, 0.1) is 11.8 Å². The number of amides is 1. The van der Waals surface area contributed by atoms with Gasteiger partial charge in [0.05, 0.1) is 6.42 Å². The molecule has 0 aromatic heterocycles. The number of likely N-dealkylation sites (tertiary alicyclic amines) is 2. The second-order valence-corrected chi connectivity index (χ2v) is 8.69. The molecule has 0 N–H and O–H groups in total. The summed E-state index contributed by atoms with van der Waals surface area (Å²) in [6.45, 7) is 7.89. The van der Waals surface area contributed by atoms with Crippen LogP contribution in [0.1, 0.15) is 38.2 Å². The molecule has 2 fully saturated rings. The van der Waals surface area contributed by atoms with Crippen LogP contribution in [0.5, 0.6) is 0 Å². The number of nitrogens with zero attached hydrogens (tertiary/aromatic N) is 2. The van der Waals surface area contributed by atoms with Crippen LogP contribution < -0.4 is 0 Å². The monoisotopic (exact) mass is 364 g/mol. The van der Waals surface area contributed by atoms with Crippen LogP contribution in [0.25, 0.3) is 10.8 Å². The summed E-state index contributed by atoms with van der Waals surface area (Å²) >= 11 is 0. The summed E-state index contributed by atoms with van der Waals surface area (Å²) in [6, 6.07) is 14.8. The van der Waals surface area contributed by atoms with Gasteiger partial charge in [0.15, 0.2) is 0 Å². The molecule has 2 aromatic rings. The van der Waals surface area contributed by atoms with Gasteiger partial charge in [-0.25, -0.2) is 0 Å². The first-order chi connectivity index (χ1) is 13.2. The maximum atomic E-state index is 12.9. The molecule has 2 aromatic carbocycles. The van der Waals surface area contributed by atoms with Crippen molar-refractivity contribution in [1.82, 2.24) is 9.80 Å². The zero-order valence-corrected chi connectivity index (χ0v) is 16.6. The number of hydrogen-bond acceptors (Lipinski definition) is 2. The van der Waals surface area contributed by atoms with Gasteiger partial charge in [0.2, 0.25) is 5.91 Å². The summed E-state index contributed by atoms with van der Waals surface area (Å²) in [5.41, 5.74) is 1.13. The lowest BCUT2D eigenvalue weighted by Gasteiger charge is -2.38. The highest BCUT2D eigenvalue weighted by Crippen LogP contribution is 2.23. The van der Waals surface area contributed by atoms with Gasteiger partial charge in [0.1, 0.15) is 0 Å². The molecule has 2 aliphatic rings. The summed E-state index contributed by atoms with van der Waals surface area (Å²) in [5, 5.41) is 2.46. The highest BCUT2D eigenvalue weighted by Gasteiger charge is 2.26. The SMILES string of the molecule is CC1CCN(C[C@@H]2CCCN(C(=O)Cc3ccc4ccccc4c3)C2)CC1. The molecule has 27 heavy (non-hydrogen) atoms. The van der Waals surface area contributed by atoms with Crippen LogP contribution >= 0.6 is 0 Å². The number of rotatable bonds is 4. The first-order valence-electron chi connectivity index (χ1n) is 10.6. The molecule has 4 rings (SSSR count). The number of carbonyl (C=O) groups is 1. The molecule has 2 saturated heterocycles. The molecule has 0 radical (unpaired) electrons. The van der Waals surface area contributed by atoms with Crippen molar-refractivity contribution in [3.63, 3.8) is 0 Å². The predicted molar refractivity (Wildman–Crippen MR) is 112 cm³/mol. The number of piperidine rings is 2. The molecule has 1 atom stereocenters. The Bertz CT molecular complexity index is 779. The standard InChI is InChI=1S/C24H32N2O/c1-19-10-13-25(14-11-19)17-21-5-4-12-26(18-21)24(27)16-20-8-9-22-6-2-3-7-23(22)15-20/h2-3,6-9,15,19,21H,4-5,10-14,16-18H2,1H3/t21-/m0/s1. The van der Waals surface area contributed by atoms with Gasteiger partial charge in [0.25, 0.3) is 0 Å². The molecular formula is C24H32N2O. The summed E-state index contributed by atoms with van der Waals surface area (Å²) in [5.74, 6) is 1.82. The van der Waals surface area contributed by atoms with Crippen molar-refractivity contribution in [2.45, 2.75) is 39.0 Å². The van der Waals surface area contributed by atoms with Gasteiger partial charge in [-0.1, -0.05) is 49.4 Å². The molecule has 0 unspecified atom stereocenters. The molecule has 2 heterocycles. The highest BCUT2D eigenvalue weighted by molar-refractivity contribution is 5.85. The molecule has 0 aliphatic carbocycles. The van der Waals surface area contributed by atoms with E-state index in [-0.39, 0.29) is 0 Å². The van der Waals surface area contributed by atoms with Crippen LogP contribution in [0.4, 0.5) is 0 Å². The van der Waals surface area contributed by atoms with Gasteiger partial charge in [-0.15, -0.1) is 0 Å². The Hall–Kier alpha value is -1.87. The van der Waals surface area contributed by atoms with E-state index in [1.54, 1.807) is 0 Å². The highest BCUT2D eigenvalue weighted by atomic mass is 16.2. The first kappa shape index (κ1) is 18.5. The lowest BCUT2D eigenvalue weighted by molar-refractivity contribution is -0.132. The zero-order chi connectivity index (χ0) is 18.6. The van der Waals surface area contributed by atoms with E-state index in [1.807, 2.05) is 0 Å². The van der Waals surface area contributed by atoms with E-state index in [9.17, 15) is 4.79 Å². The second kappa shape index (κ2) is 8.43. The summed E-state index contributed by atoms with van der Waals surface area (Å²) < 4.78 is 0. The predicted octanol–water partition coefficient (Wildman–Crippen LogP) is 4.35. The van der Waals surface area contributed by atoms with Crippen LogP contribution in [0.15, 0.2) is 42.5 Å². The average Bonchev–Trinajstić information content (AvgIpc) is 2.70. The topological polar surface area (TPSA) is 23.6 Å².